The van der Waals surface area contributed by atoms with Crippen LogP contribution < -0.4 is 10.1 Å². The number of hydrogen-bond donors (Lipinski definition) is 2. The first-order chi connectivity index (χ1) is 9.93. The van der Waals surface area contributed by atoms with Crippen molar-refractivity contribution in [3.63, 3.8) is 0 Å². The van der Waals surface area contributed by atoms with Crippen molar-refractivity contribution in [2.75, 3.05) is 6.54 Å². The summed E-state index contributed by atoms with van der Waals surface area (Å²) in [6.07, 6.45) is 2.01. The van der Waals surface area contributed by atoms with Crippen LogP contribution in [0.4, 0.5) is 0 Å². The molecule has 1 atom stereocenters. The summed E-state index contributed by atoms with van der Waals surface area (Å²) >= 11 is 0. The summed E-state index contributed by atoms with van der Waals surface area (Å²) in [4.78, 5) is 11.8. The number of aliphatic hydroxyl groups excluding tert-OH is 1. The van der Waals surface area contributed by atoms with E-state index in [4.69, 9.17) is 4.74 Å². The highest BCUT2D eigenvalue weighted by atomic mass is 16.5. The van der Waals surface area contributed by atoms with Crippen molar-refractivity contribution in [3.05, 3.63) is 41.5 Å². The molecule has 0 saturated carbocycles. The molecule has 1 aromatic carbocycles. The standard InChI is InChI=1S/C17H25NO3/c1-5-7-13(4)17(20)18-11-16(19)14-8-6-9-15(10-14)21-12(2)3/h6-10,12,16,19H,5,11H2,1-4H3,(H,18,20)/b13-7-. The molecule has 0 spiro atoms. The first-order valence-corrected chi connectivity index (χ1v) is 7.33. The van der Waals surface area contributed by atoms with Gasteiger partial charge in [-0.05, 0) is 44.9 Å². The van der Waals surface area contributed by atoms with E-state index in [2.05, 4.69) is 5.32 Å². The molecule has 1 aromatic rings. The minimum atomic E-state index is -0.751. The Balaban J connectivity index is 2.61. The number of allylic oxidation sites excluding steroid dienone is 1. The van der Waals surface area contributed by atoms with Crippen LogP contribution >= 0.6 is 0 Å². The highest BCUT2D eigenvalue weighted by Gasteiger charge is 2.11. The maximum atomic E-state index is 11.8. The number of nitrogens with one attached hydrogen (secondary N) is 1. The summed E-state index contributed by atoms with van der Waals surface area (Å²) in [7, 11) is 0. The second kappa shape index (κ2) is 8.47. The third kappa shape index (κ3) is 6.00. The van der Waals surface area contributed by atoms with Gasteiger partial charge in [0.1, 0.15) is 5.75 Å². The Bertz CT molecular complexity index is 495. The van der Waals surface area contributed by atoms with Crippen molar-refractivity contribution >= 4 is 5.91 Å². The first kappa shape index (κ1) is 17.2. The van der Waals surface area contributed by atoms with Crippen LogP contribution in [0.15, 0.2) is 35.9 Å². The lowest BCUT2D eigenvalue weighted by Crippen LogP contribution is -2.28. The maximum Gasteiger partial charge on any atom is 0.246 e. The lowest BCUT2D eigenvalue weighted by atomic mass is 10.1. The second-order valence-electron chi connectivity index (χ2n) is 5.26. The van der Waals surface area contributed by atoms with E-state index in [9.17, 15) is 9.90 Å². The predicted octanol–water partition coefficient (Wildman–Crippen LogP) is 2.98. The van der Waals surface area contributed by atoms with Gasteiger partial charge in [-0.25, -0.2) is 0 Å². The minimum Gasteiger partial charge on any atom is -0.491 e. The summed E-state index contributed by atoms with van der Waals surface area (Å²) in [5, 5.41) is 12.9. The van der Waals surface area contributed by atoms with Gasteiger partial charge in [0.2, 0.25) is 5.91 Å². The van der Waals surface area contributed by atoms with Crippen LogP contribution in [0.2, 0.25) is 0 Å². The SMILES string of the molecule is CC/C=C(/C)C(=O)NCC(O)c1cccc(OC(C)C)c1. The Morgan fingerprint density at radius 2 is 2.14 bits per heavy atom. The lowest BCUT2D eigenvalue weighted by molar-refractivity contribution is -0.117. The van der Waals surface area contributed by atoms with Gasteiger partial charge in [-0.1, -0.05) is 25.1 Å². The molecule has 1 amide bonds. The quantitative estimate of drug-likeness (QED) is 0.759. The van der Waals surface area contributed by atoms with Crippen LogP contribution in [-0.4, -0.2) is 23.7 Å². The van der Waals surface area contributed by atoms with Crippen molar-refractivity contribution in [3.8, 4) is 5.75 Å². The predicted molar refractivity (Wildman–Crippen MR) is 84.2 cm³/mol. The average molecular weight is 291 g/mol. The normalized spacial score (nSPS) is 13.1. The van der Waals surface area contributed by atoms with E-state index in [0.29, 0.717) is 5.57 Å². The number of benzene rings is 1. The van der Waals surface area contributed by atoms with E-state index in [1.807, 2.05) is 45.0 Å². The molecule has 0 aromatic heterocycles. The molecule has 1 rings (SSSR count). The van der Waals surface area contributed by atoms with Crippen molar-refractivity contribution in [2.24, 2.45) is 0 Å². The molecule has 116 valence electrons. The summed E-state index contributed by atoms with van der Waals surface area (Å²) in [6, 6.07) is 7.30. The number of hydrogen-bond acceptors (Lipinski definition) is 3. The van der Waals surface area contributed by atoms with Crippen LogP contribution in [0.5, 0.6) is 5.75 Å². The molecular formula is C17H25NO3. The van der Waals surface area contributed by atoms with Crippen molar-refractivity contribution in [1.82, 2.24) is 5.32 Å². The van der Waals surface area contributed by atoms with E-state index in [1.54, 1.807) is 13.0 Å². The Labute approximate surface area is 126 Å². The van der Waals surface area contributed by atoms with Crippen LogP contribution in [-0.2, 0) is 4.79 Å². The van der Waals surface area contributed by atoms with Crippen molar-refractivity contribution < 1.29 is 14.6 Å². The molecule has 0 aliphatic heterocycles. The molecule has 4 heteroatoms. The summed E-state index contributed by atoms with van der Waals surface area (Å²) in [6.45, 7) is 7.82. The number of amides is 1. The van der Waals surface area contributed by atoms with E-state index < -0.39 is 6.10 Å². The highest BCUT2D eigenvalue weighted by molar-refractivity contribution is 5.92. The van der Waals surface area contributed by atoms with Gasteiger partial charge in [-0.3, -0.25) is 4.79 Å². The van der Waals surface area contributed by atoms with Gasteiger partial charge >= 0.3 is 0 Å². The van der Waals surface area contributed by atoms with Gasteiger partial charge in [-0.15, -0.1) is 0 Å². The Morgan fingerprint density at radius 3 is 2.76 bits per heavy atom. The van der Waals surface area contributed by atoms with Gasteiger partial charge in [0.15, 0.2) is 0 Å². The molecule has 0 fully saturated rings. The van der Waals surface area contributed by atoms with Gasteiger partial charge < -0.3 is 15.2 Å². The summed E-state index contributed by atoms with van der Waals surface area (Å²) < 4.78 is 5.59. The molecular weight excluding hydrogens is 266 g/mol. The average Bonchev–Trinajstić information content (AvgIpc) is 2.44. The molecule has 0 bridgehead atoms. The first-order valence-electron chi connectivity index (χ1n) is 7.33. The van der Waals surface area contributed by atoms with Crippen LogP contribution in [0, 0.1) is 0 Å². The highest BCUT2D eigenvalue weighted by Crippen LogP contribution is 2.20. The second-order valence-corrected chi connectivity index (χ2v) is 5.26. The smallest absolute Gasteiger partial charge is 0.246 e. The van der Waals surface area contributed by atoms with Crippen LogP contribution in [0.25, 0.3) is 0 Å². The molecule has 4 nitrogen and oxygen atoms in total. The topological polar surface area (TPSA) is 58.6 Å². The number of carbonyl (C=O) groups excluding carboxylic acids is 1. The zero-order valence-corrected chi connectivity index (χ0v) is 13.2. The molecule has 0 saturated heterocycles. The lowest BCUT2D eigenvalue weighted by Gasteiger charge is -2.15. The van der Waals surface area contributed by atoms with Crippen molar-refractivity contribution in [1.29, 1.82) is 0 Å². The molecule has 0 radical (unpaired) electrons. The fourth-order valence-electron chi connectivity index (χ4n) is 1.91. The summed E-state index contributed by atoms with van der Waals surface area (Å²) in [5.41, 5.74) is 1.40. The van der Waals surface area contributed by atoms with E-state index in [-0.39, 0.29) is 18.6 Å². The summed E-state index contributed by atoms with van der Waals surface area (Å²) in [5.74, 6) is 0.570. The Hall–Kier alpha value is -1.81. The zero-order chi connectivity index (χ0) is 15.8. The number of rotatable bonds is 7. The molecule has 21 heavy (non-hydrogen) atoms. The number of ether oxygens (including phenoxy) is 1. The molecule has 1 unspecified atom stereocenters. The largest absolute Gasteiger partial charge is 0.491 e. The van der Waals surface area contributed by atoms with Gasteiger partial charge in [0, 0.05) is 12.1 Å². The molecule has 0 aliphatic carbocycles. The van der Waals surface area contributed by atoms with Gasteiger partial charge in [0.05, 0.1) is 12.2 Å². The van der Waals surface area contributed by atoms with E-state index >= 15 is 0 Å². The van der Waals surface area contributed by atoms with Crippen LogP contribution in [0.1, 0.15) is 45.8 Å². The fourth-order valence-corrected chi connectivity index (χ4v) is 1.91. The van der Waals surface area contributed by atoms with Crippen molar-refractivity contribution in [2.45, 2.75) is 46.3 Å². The number of aliphatic hydroxyl groups is 1. The molecule has 0 aliphatic rings. The fraction of sp³-hybridized carbons (Fsp3) is 0.471. The third-order valence-corrected chi connectivity index (χ3v) is 2.94. The minimum absolute atomic E-state index is 0.0823. The van der Waals surface area contributed by atoms with E-state index in [1.165, 1.54) is 0 Å². The molecule has 0 heterocycles. The maximum absolute atomic E-state index is 11.8. The Morgan fingerprint density at radius 1 is 1.43 bits per heavy atom. The third-order valence-electron chi connectivity index (χ3n) is 2.94. The zero-order valence-electron chi connectivity index (χ0n) is 13.2. The monoisotopic (exact) mass is 291 g/mol. The van der Waals surface area contributed by atoms with Gasteiger partial charge in [-0.2, -0.15) is 0 Å². The van der Waals surface area contributed by atoms with Gasteiger partial charge in [0.25, 0.3) is 0 Å². The van der Waals surface area contributed by atoms with Crippen LogP contribution in [0.3, 0.4) is 0 Å². The molecule has 2 N–H and O–H groups in total. The number of carbonyl (C=O) groups is 1. The van der Waals surface area contributed by atoms with E-state index in [0.717, 1.165) is 17.7 Å². The Kier molecular flexibility index (Phi) is 6.96.